The summed E-state index contributed by atoms with van der Waals surface area (Å²) in [6.45, 7) is 0.585. The van der Waals surface area contributed by atoms with Crippen molar-refractivity contribution in [2.75, 3.05) is 29.9 Å². The van der Waals surface area contributed by atoms with Crippen LogP contribution in [0.25, 0.3) is 0 Å². The van der Waals surface area contributed by atoms with E-state index in [4.69, 9.17) is 9.88 Å². The van der Waals surface area contributed by atoms with E-state index in [9.17, 15) is 17.9 Å². The van der Waals surface area contributed by atoms with Crippen molar-refractivity contribution in [1.82, 2.24) is 9.97 Å². The molecule has 156 valence electrons. The summed E-state index contributed by atoms with van der Waals surface area (Å²) in [5, 5.41) is 17.6. The average molecular weight is 423 g/mol. The first-order valence-electron chi connectivity index (χ1n) is 9.25. The second-order valence-corrected chi connectivity index (χ2v) is 8.90. The normalized spacial score (nSPS) is 21.1. The number of aromatic nitrogens is 2. The number of sulfonamides is 1. The molecule has 1 aliphatic carbocycles. The summed E-state index contributed by atoms with van der Waals surface area (Å²) < 4.78 is 44.1. The minimum absolute atomic E-state index is 0.0344. The molecule has 2 aliphatic rings. The Kier molecular flexibility index (Phi) is 5.15. The molecule has 11 heteroatoms. The highest BCUT2D eigenvalue weighted by molar-refractivity contribution is 7.89. The topological polar surface area (TPSA) is 131 Å². The maximum absolute atomic E-state index is 14.6. The number of aliphatic hydroxyl groups is 1. The van der Waals surface area contributed by atoms with Crippen LogP contribution >= 0.6 is 0 Å². The number of hydrogen-bond acceptors (Lipinski definition) is 8. The lowest BCUT2D eigenvalue weighted by Crippen LogP contribution is -2.60. The van der Waals surface area contributed by atoms with Crippen LogP contribution in [0.15, 0.2) is 35.4 Å². The zero-order valence-electron chi connectivity index (χ0n) is 15.6. The van der Waals surface area contributed by atoms with Gasteiger partial charge in [0, 0.05) is 13.1 Å². The minimum Gasteiger partial charge on any atom is -0.394 e. The van der Waals surface area contributed by atoms with Crippen LogP contribution in [0.2, 0.25) is 0 Å². The standard InChI is InChI=1S/C18H22FN5O4S/c19-13-8-21-17(22-14-4-1-2-5-15(14)29(20,26)27)23-16(13)24-9-12(10-25)28-18(11-24)6-3-7-18/h1-2,4-5,8,12,25H,3,6-7,9-11H2,(H2,20,26,27)(H,21,22,23)/t12-/m0/s1. The molecular formula is C18H22FN5O4S. The summed E-state index contributed by atoms with van der Waals surface area (Å²) >= 11 is 0. The molecule has 2 heterocycles. The molecule has 4 N–H and O–H groups in total. The van der Waals surface area contributed by atoms with Crippen LogP contribution in [0.4, 0.5) is 21.8 Å². The number of aliphatic hydroxyl groups excluding tert-OH is 1. The van der Waals surface area contributed by atoms with Gasteiger partial charge in [-0.25, -0.2) is 22.9 Å². The van der Waals surface area contributed by atoms with Crippen LogP contribution in [0.3, 0.4) is 0 Å². The number of nitrogens with two attached hydrogens (primary N) is 1. The molecule has 1 saturated carbocycles. The number of rotatable bonds is 5. The van der Waals surface area contributed by atoms with Gasteiger partial charge in [-0.1, -0.05) is 12.1 Å². The van der Waals surface area contributed by atoms with Gasteiger partial charge in [-0.2, -0.15) is 4.98 Å². The van der Waals surface area contributed by atoms with E-state index in [-0.39, 0.29) is 29.0 Å². The van der Waals surface area contributed by atoms with Crippen molar-refractivity contribution >= 4 is 27.5 Å². The second kappa shape index (κ2) is 7.48. The zero-order chi connectivity index (χ0) is 20.6. The number of anilines is 3. The maximum Gasteiger partial charge on any atom is 0.240 e. The van der Waals surface area contributed by atoms with Crippen LogP contribution in [0.5, 0.6) is 0 Å². The SMILES string of the molecule is NS(=O)(=O)c1ccccc1Nc1ncc(F)c(N2C[C@@H](CO)OC3(CCC3)C2)n1. The molecular weight excluding hydrogens is 401 g/mol. The number of halogens is 1. The predicted molar refractivity (Wildman–Crippen MR) is 104 cm³/mol. The van der Waals surface area contributed by atoms with Gasteiger partial charge in [0.05, 0.1) is 30.2 Å². The number of morpholine rings is 1. The summed E-state index contributed by atoms with van der Waals surface area (Å²) in [6, 6.07) is 6.06. The van der Waals surface area contributed by atoms with Crippen molar-refractivity contribution in [3.8, 4) is 0 Å². The molecule has 9 nitrogen and oxygen atoms in total. The van der Waals surface area contributed by atoms with Crippen molar-refractivity contribution in [3.05, 3.63) is 36.3 Å². The third kappa shape index (κ3) is 4.04. The van der Waals surface area contributed by atoms with Gasteiger partial charge in [0.1, 0.15) is 4.90 Å². The van der Waals surface area contributed by atoms with Gasteiger partial charge in [0.15, 0.2) is 11.6 Å². The Balaban J connectivity index is 1.64. The van der Waals surface area contributed by atoms with Crippen molar-refractivity contribution < 1.29 is 22.7 Å². The Bertz CT molecular complexity index is 1020. The Morgan fingerprint density at radius 2 is 2.14 bits per heavy atom. The summed E-state index contributed by atoms with van der Waals surface area (Å²) in [6.07, 6.45) is 3.31. The lowest BCUT2D eigenvalue weighted by atomic mass is 9.78. The van der Waals surface area contributed by atoms with E-state index in [1.807, 2.05) is 0 Å². The maximum atomic E-state index is 14.6. The zero-order valence-corrected chi connectivity index (χ0v) is 16.4. The van der Waals surface area contributed by atoms with E-state index >= 15 is 0 Å². The van der Waals surface area contributed by atoms with Gasteiger partial charge >= 0.3 is 0 Å². The van der Waals surface area contributed by atoms with E-state index in [2.05, 4.69) is 15.3 Å². The van der Waals surface area contributed by atoms with Crippen LogP contribution in [-0.2, 0) is 14.8 Å². The second-order valence-electron chi connectivity index (χ2n) is 7.37. The quantitative estimate of drug-likeness (QED) is 0.652. The lowest BCUT2D eigenvalue weighted by molar-refractivity contribution is -0.159. The predicted octanol–water partition coefficient (Wildman–Crippen LogP) is 1.13. The highest BCUT2D eigenvalue weighted by atomic mass is 32.2. The van der Waals surface area contributed by atoms with Crippen LogP contribution in [0.1, 0.15) is 19.3 Å². The molecule has 1 spiro atoms. The molecule has 0 bridgehead atoms. The summed E-state index contributed by atoms with van der Waals surface area (Å²) in [5.41, 5.74) is -0.199. The fourth-order valence-electron chi connectivity index (χ4n) is 3.77. The van der Waals surface area contributed by atoms with E-state index in [1.54, 1.807) is 17.0 Å². The third-order valence-electron chi connectivity index (χ3n) is 5.25. The highest BCUT2D eigenvalue weighted by Gasteiger charge is 2.46. The Labute approximate surface area is 167 Å². The van der Waals surface area contributed by atoms with Crippen LogP contribution in [0, 0.1) is 5.82 Å². The molecule has 1 aromatic heterocycles. The molecule has 1 atom stereocenters. The number of nitrogens with zero attached hydrogens (tertiary/aromatic N) is 3. The van der Waals surface area contributed by atoms with E-state index < -0.39 is 27.5 Å². The van der Waals surface area contributed by atoms with E-state index in [0.29, 0.717) is 13.1 Å². The van der Waals surface area contributed by atoms with Crippen LogP contribution < -0.4 is 15.4 Å². The van der Waals surface area contributed by atoms with Gasteiger partial charge < -0.3 is 20.1 Å². The third-order valence-corrected chi connectivity index (χ3v) is 6.22. The van der Waals surface area contributed by atoms with Crippen molar-refractivity contribution in [3.63, 3.8) is 0 Å². The molecule has 0 radical (unpaired) electrons. The molecule has 2 fully saturated rings. The molecule has 2 aromatic rings. The first-order valence-corrected chi connectivity index (χ1v) is 10.8. The molecule has 4 rings (SSSR count). The van der Waals surface area contributed by atoms with Crippen LogP contribution in [-0.4, -0.2) is 54.9 Å². The van der Waals surface area contributed by atoms with Gasteiger partial charge in [-0.15, -0.1) is 0 Å². The van der Waals surface area contributed by atoms with Gasteiger partial charge in [-0.3, -0.25) is 0 Å². The van der Waals surface area contributed by atoms with Gasteiger partial charge in [0.2, 0.25) is 16.0 Å². The molecule has 29 heavy (non-hydrogen) atoms. The number of benzene rings is 1. The monoisotopic (exact) mass is 423 g/mol. The fourth-order valence-corrected chi connectivity index (χ4v) is 4.46. The molecule has 1 saturated heterocycles. The number of nitrogens with one attached hydrogen (secondary N) is 1. The van der Waals surface area contributed by atoms with E-state index in [0.717, 1.165) is 25.5 Å². The number of para-hydroxylation sites is 1. The summed E-state index contributed by atoms with van der Waals surface area (Å²) in [5.74, 6) is -0.501. The smallest absolute Gasteiger partial charge is 0.240 e. The lowest BCUT2D eigenvalue weighted by Gasteiger charge is -2.51. The molecule has 0 unspecified atom stereocenters. The number of hydrogen-bond donors (Lipinski definition) is 3. The molecule has 0 amide bonds. The Morgan fingerprint density at radius 3 is 2.79 bits per heavy atom. The first-order chi connectivity index (χ1) is 13.8. The van der Waals surface area contributed by atoms with Gasteiger partial charge in [0.25, 0.3) is 0 Å². The minimum atomic E-state index is -3.96. The number of primary sulfonamides is 1. The van der Waals surface area contributed by atoms with Crippen molar-refractivity contribution in [2.24, 2.45) is 5.14 Å². The average Bonchev–Trinajstić information content (AvgIpc) is 2.67. The summed E-state index contributed by atoms with van der Waals surface area (Å²) in [4.78, 5) is 9.82. The molecule has 1 aromatic carbocycles. The van der Waals surface area contributed by atoms with Crippen molar-refractivity contribution in [2.45, 2.75) is 35.9 Å². The largest absolute Gasteiger partial charge is 0.394 e. The molecule has 1 aliphatic heterocycles. The first kappa shape index (κ1) is 20.0. The fraction of sp³-hybridized carbons (Fsp3) is 0.444. The Hall–Kier alpha value is -2.34. The van der Waals surface area contributed by atoms with E-state index in [1.165, 1.54) is 12.1 Å². The van der Waals surface area contributed by atoms with Crippen molar-refractivity contribution in [1.29, 1.82) is 0 Å². The highest BCUT2D eigenvalue weighted by Crippen LogP contribution is 2.41. The number of ether oxygens (including phenoxy) is 1. The van der Waals surface area contributed by atoms with Gasteiger partial charge in [-0.05, 0) is 31.4 Å². The Morgan fingerprint density at radius 1 is 1.38 bits per heavy atom. The summed E-state index contributed by atoms with van der Waals surface area (Å²) in [7, 11) is -3.96.